The van der Waals surface area contributed by atoms with Gasteiger partial charge in [0.05, 0.1) is 21.3 Å². The van der Waals surface area contributed by atoms with Crippen LogP contribution < -0.4 is 19.5 Å². The van der Waals surface area contributed by atoms with Crippen LogP contribution in [0, 0.1) is 0 Å². The lowest BCUT2D eigenvalue weighted by molar-refractivity contribution is -0.139. The minimum absolute atomic E-state index is 0.370. The van der Waals surface area contributed by atoms with Gasteiger partial charge in [-0.2, -0.15) is 11.8 Å². The molecule has 0 saturated heterocycles. The monoisotopic (exact) mass is 329 g/mol. The van der Waals surface area contributed by atoms with Crippen LogP contribution in [-0.4, -0.2) is 50.5 Å². The number of carboxylic acid groups (broad SMARTS) is 1. The summed E-state index contributed by atoms with van der Waals surface area (Å²) < 4.78 is 15.9. The smallest absolute Gasteiger partial charge is 0.320 e. The summed E-state index contributed by atoms with van der Waals surface area (Å²) in [5.74, 6) is 1.55. The van der Waals surface area contributed by atoms with Crippen molar-refractivity contribution in [2.45, 2.75) is 19.0 Å². The highest BCUT2D eigenvalue weighted by Gasteiger charge is 2.19. The fourth-order valence-corrected chi connectivity index (χ4v) is 2.56. The van der Waals surface area contributed by atoms with E-state index in [9.17, 15) is 9.90 Å². The molecule has 7 heteroatoms. The van der Waals surface area contributed by atoms with Gasteiger partial charge in [0.2, 0.25) is 5.75 Å². The quantitative estimate of drug-likeness (QED) is 0.680. The van der Waals surface area contributed by atoms with Gasteiger partial charge in [-0.25, -0.2) is 0 Å². The Labute approximate surface area is 135 Å². The number of thioether (sulfide) groups is 1. The second-order valence-corrected chi connectivity index (χ2v) is 5.53. The maximum Gasteiger partial charge on any atom is 0.320 e. The molecule has 0 amide bonds. The largest absolute Gasteiger partial charge is 0.493 e. The Bertz CT molecular complexity index is 495. The first-order chi connectivity index (χ1) is 10.6. The molecule has 0 aliphatic rings. The average Bonchev–Trinajstić information content (AvgIpc) is 2.53. The van der Waals surface area contributed by atoms with Crippen LogP contribution in [0.4, 0.5) is 0 Å². The minimum atomic E-state index is -0.853. The fourth-order valence-electron chi connectivity index (χ4n) is 2.08. The molecule has 0 spiro atoms. The van der Waals surface area contributed by atoms with Crippen molar-refractivity contribution in [2.75, 3.05) is 33.3 Å². The summed E-state index contributed by atoms with van der Waals surface area (Å²) in [5, 5.41) is 12.3. The Balaban J connectivity index is 2.90. The summed E-state index contributed by atoms with van der Waals surface area (Å²) >= 11 is 1.62. The van der Waals surface area contributed by atoms with Crippen molar-refractivity contribution < 1.29 is 24.1 Å². The molecular weight excluding hydrogens is 306 g/mol. The number of benzene rings is 1. The Hall–Kier alpha value is -1.60. The maximum atomic E-state index is 11.3. The molecule has 1 aromatic rings. The van der Waals surface area contributed by atoms with Crippen molar-refractivity contribution in [1.29, 1.82) is 0 Å². The third kappa shape index (κ3) is 4.71. The molecule has 0 bridgehead atoms. The van der Waals surface area contributed by atoms with Crippen molar-refractivity contribution in [3.63, 3.8) is 0 Å². The molecule has 2 N–H and O–H groups in total. The molecule has 0 aliphatic heterocycles. The molecule has 1 rings (SSSR count). The molecule has 0 heterocycles. The Morgan fingerprint density at radius 1 is 1.23 bits per heavy atom. The van der Waals surface area contributed by atoms with E-state index in [0.717, 1.165) is 11.3 Å². The van der Waals surface area contributed by atoms with Crippen LogP contribution in [0.15, 0.2) is 12.1 Å². The number of methoxy groups -OCH3 is 3. The van der Waals surface area contributed by atoms with Crippen LogP contribution in [0.5, 0.6) is 17.2 Å². The van der Waals surface area contributed by atoms with Crippen LogP contribution >= 0.6 is 11.8 Å². The van der Waals surface area contributed by atoms with Gasteiger partial charge in [-0.15, -0.1) is 0 Å². The standard InChI is InChI=1S/C15H23NO5S/c1-19-12-6-5-10(13(20-2)14(12)21-3)9-16-11(15(17)18)7-8-22-4/h5-6,11,16H,7-9H2,1-4H3,(H,17,18). The Kier molecular flexibility index (Phi) is 7.90. The van der Waals surface area contributed by atoms with Crippen molar-refractivity contribution in [2.24, 2.45) is 0 Å². The number of hydrogen-bond acceptors (Lipinski definition) is 6. The lowest BCUT2D eigenvalue weighted by atomic mass is 10.1. The van der Waals surface area contributed by atoms with Gasteiger partial charge in [-0.3, -0.25) is 4.79 Å². The van der Waals surface area contributed by atoms with E-state index in [4.69, 9.17) is 14.2 Å². The van der Waals surface area contributed by atoms with Crippen LogP contribution in [-0.2, 0) is 11.3 Å². The second-order valence-electron chi connectivity index (χ2n) is 4.55. The van der Waals surface area contributed by atoms with Crippen LogP contribution in [0.25, 0.3) is 0 Å². The van der Waals surface area contributed by atoms with Gasteiger partial charge < -0.3 is 24.6 Å². The highest BCUT2D eigenvalue weighted by molar-refractivity contribution is 7.98. The topological polar surface area (TPSA) is 77.0 Å². The normalized spacial score (nSPS) is 11.8. The molecular formula is C15H23NO5S. The van der Waals surface area contributed by atoms with Gasteiger partial charge in [0, 0.05) is 12.1 Å². The molecule has 124 valence electrons. The SMILES string of the molecule is COc1ccc(CNC(CCSC)C(=O)O)c(OC)c1OC. The van der Waals surface area contributed by atoms with Gasteiger partial charge in [0.15, 0.2) is 11.5 Å². The summed E-state index contributed by atoms with van der Waals surface area (Å²) in [5.41, 5.74) is 0.815. The van der Waals surface area contributed by atoms with Crippen molar-refractivity contribution in [3.8, 4) is 17.2 Å². The molecule has 1 aromatic carbocycles. The van der Waals surface area contributed by atoms with Crippen molar-refractivity contribution >= 4 is 17.7 Å². The highest BCUT2D eigenvalue weighted by Crippen LogP contribution is 2.39. The van der Waals surface area contributed by atoms with Crippen molar-refractivity contribution in [3.05, 3.63) is 17.7 Å². The zero-order valence-electron chi connectivity index (χ0n) is 13.3. The van der Waals surface area contributed by atoms with E-state index in [2.05, 4.69) is 5.32 Å². The van der Waals surface area contributed by atoms with Crippen LogP contribution in [0.1, 0.15) is 12.0 Å². The molecule has 6 nitrogen and oxygen atoms in total. The summed E-state index contributed by atoms with van der Waals surface area (Å²) in [6, 6.07) is 3.02. The number of aliphatic carboxylic acids is 1. The number of carbonyl (C=O) groups is 1. The van der Waals surface area contributed by atoms with Crippen LogP contribution in [0.3, 0.4) is 0 Å². The van der Waals surface area contributed by atoms with Gasteiger partial charge in [0.1, 0.15) is 6.04 Å². The van der Waals surface area contributed by atoms with Gasteiger partial charge in [-0.05, 0) is 24.5 Å². The lowest BCUT2D eigenvalue weighted by Crippen LogP contribution is -2.36. The summed E-state index contributed by atoms with van der Waals surface area (Å²) in [7, 11) is 4.64. The van der Waals surface area contributed by atoms with E-state index in [-0.39, 0.29) is 0 Å². The highest BCUT2D eigenvalue weighted by atomic mass is 32.2. The molecule has 0 aromatic heterocycles. The zero-order chi connectivity index (χ0) is 16.5. The zero-order valence-corrected chi connectivity index (χ0v) is 14.2. The molecule has 0 radical (unpaired) electrons. The van der Waals surface area contributed by atoms with E-state index in [1.165, 1.54) is 7.11 Å². The summed E-state index contributed by atoms with van der Waals surface area (Å²) in [6.45, 7) is 0.370. The third-order valence-electron chi connectivity index (χ3n) is 3.23. The predicted octanol–water partition coefficient (Wildman–Crippen LogP) is 2.01. The first-order valence-corrected chi connectivity index (χ1v) is 8.21. The first-order valence-electron chi connectivity index (χ1n) is 6.82. The molecule has 0 saturated carbocycles. The van der Waals surface area contributed by atoms with E-state index in [1.54, 1.807) is 32.0 Å². The number of ether oxygens (including phenoxy) is 3. The minimum Gasteiger partial charge on any atom is -0.493 e. The lowest BCUT2D eigenvalue weighted by Gasteiger charge is -2.18. The summed E-state index contributed by atoms with van der Waals surface area (Å²) in [6.07, 6.45) is 2.52. The first kappa shape index (κ1) is 18.4. The van der Waals surface area contributed by atoms with Gasteiger partial charge in [-0.1, -0.05) is 6.07 Å². The number of rotatable bonds is 10. The van der Waals surface area contributed by atoms with Crippen LogP contribution in [0.2, 0.25) is 0 Å². The average molecular weight is 329 g/mol. The maximum absolute atomic E-state index is 11.3. The fraction of sp³-hybridized carbons (Fsp3) is 0.533. The Morgan fingerprint density at radius 2 is 1.91 bits per heavy atom. The van der Waals surface area contributed by atoms with Gasteiger partial charge in [0.25, 0.3) is 0 Å². The molecule has 1 unspecified atom stereocenters. The second kappa shape index (κ2) is 9.42. The number of carboxylic acids is 1. The summed E-state index contributed by atoms with van der Waals surface area (Å²) in [4.78, 5) is 11.3. The molecule has 22 heavy (non-hydrogen) atoms. The Morgan fingerprint density at radius 3 is 2.41 bits per heavy atom. The van der Waals surface area contributed by atoms with E-state index in [1.807, 2.05) is 12.3 Å². The number of hydrogen-bond donors (Lipinski definition) is 2. The predicted molar refractivity (Wildman–Crippen MR) is 87.4 cm³/mol. The van der Waals surface area contributed by atoms with Crippen molar-refractivity contribution in [1.82, 2.24) is 5.32 Å². The van der Waals surface area contributed by atoms with E-state index >= 15 is 0 Å². The molecule has 0 aliphatic carbocycles. The van der Waals surface area contributed by atoms with Gasteiger partial charge >= 0.3 is 5.97 Å². The third-order valence-corrected chi connectivity index (χ3v) is 3.88. The van der Waals surface area contributed by atoms with E-state index < -0.39 is 12.0 Å². The number of nitrogens with one attached hydrogen (secondary N) is 1. The molecule has 0 fully saturated rings. The molecule has 1 atom stereocenters. The van der Waals surface area contributed by atoms with E-state index in [0.29, 0.717) is 30.2 Å².